The lowest BCUT2D eigenvalue weighted by molar-refractivity contribution is -0.141. The molecular formula is C21H23ClN2O6S. The number of hydrogen-bond acceptors (Lipinski definition) is 6. The van der Waals surface area contributed by atoms with Crippen LogP contribution in [0, 0.1) is 0 Å². The molecule has 166 valence electrons. The Balaban J connectivity index is 2.13. The van der Waals surface area contributed by atoms with Crippen LogP contribution in [-0.4, -0.2) is 51.1 Å². The van der Waals surface area contributed by atoms with Crippen LogP contribution in [0.4, 0.5) is 0 Å². The number of esters is 1. The summed E-state index contributed by atoms with van der Waals surface area (Å²) in [6.45, 7) is 0.910. The third kappa shape index (κ3) is 6.61. The molecule has 0 radical (unpaired) electrons. The molecule has 10 heteroatoms. The molecule has 0 aliphatic rings. The molecule has 0 spiro atoms. The highest BCUT2D eigenvalue weighted by Gasteiger charge is 2.25. The number of nitrogens with zero attached hydrogens (tertiary/aromatic N) is 1. The Labute approximate surface area is 186 Å². The number of halogens is 1. The zero-order valence-electron chi connectivity index (χ0n) is 17.3. The van der Waals surface area contributed by atoms with Gasteiger partial charge in [0.25, 0.3) is 0 Å². The van der Waals surface area contributed by atoms with Gasteiger partial charge in [0.2, 0.25) is 15.9 Å². The molecule has 0 fully saturated rings. The smallest absolute Gasteiger partial charge is 0.307 e. The summed E-state index contributed by atoms with van der Waals surface area (Å²) in [5.74, 6) is -1.32. The van der Waals surface area contributed by atoms with E-state index in [1.54, 1.807) is 24.3 Å². The van der Waals surface area contributed by atoms with E-state index in [9.17, 15) is 22.8 Å². The van der Waals surface area contributed by atoms with Crippen molar-refractivity contribution < 1.29 is 27.5 Å². The van der Waals surface area contributed by atoms with Gasteiger partial charge in [0.05, 0.1) is 31.0 Å². The van der Waals surface area contributed by atoms with Gasteiger partial charge in [0.1, 0.15) is 0 Å². The van der Waals surface area contributed by atoms with E-state index in [1.807, 2.05) is 0 Å². The number of ketones is 1. The minimum Gasteiger partial charge on any atom is -0.469 e. The number of carbonyl (C=O) groups is 3. The summed E-state index contributed by atoms with van der Waals surface area (Å²) in [7, 11) is -1.45. The van der Waals surface area contributed by atoms with E-state index >= 15 is 0 Å². The van der Waals surface area contributed by atoms with Crippen LogP contribution in [0.3, 0.4) is 0 Å². The van der Waals surface area contributed by atoms with E-state index in [0.29, 0.717) is 16.1 Å². The summed E-state index contributed by atoms with van der Waals surface area (Å²) in [6, 6.07) is 11.3. The summed E-state index contributed by atoms with van der Waals surface area (Å²) < 4.78 is 31.0. The average molecular weight is 467 g/mol. The molecule has 0 aliphatic heterocycles. The second-order valence-electron chi connectivity index (χ2n) is 6.79. The van der Waals surface area contributed by atoms with Gasteiger partial charge in [-0.3, -0.25) is 14.4 Å². The average Bonchev–Trinajstić information content (AvgIpc) is 2.73. The highest BCUT2D eigenvalue weighted by molar-refractivity contribution is 7.89. The third-order valence-corrected chi connectivity index (χ3v) is 6.61. The Morgan fingerprint density at radius 1 is 1.06 bits per heavy atom. The van der Waals surface area contributed by atoms with E-state index in [2.05, 4.69) is 10.1 Å². The normalized spacial score (nSPS) is 12.3. The van der Waals surface area contributed by atoms with Crippen molar-refractivity contribution >= 4 is 39.3 Å². The summed E-state index contributed by atoms with van der Waals surface area (Å²) in [5.41, 5.74) is 1.00. The minimum absolute atomic E-state index is 0.0448. The van der Waals surface area contributed by atoms with Crippen LogP contribution in [-0.2, 0) is 24.3 Å². The van der Waals surface area contributed by atoms with Crippen molar-refractivity contribution in [2.24, 2.45) is 0 Å². The number of hydrogen-bond donors (Lipinski definition) is 1. The second kappa shape index (κ2) is 10.5. The number of benzene rings is 2. The van der Waals surface area contributed by atoms with Crippen molar-refractivity contribution in [3.05, 3.63) is 64.7 Å². The first kappa shape index (κ1) is 24.5. The standard InChI is InChI=1S/C21H23ClN2O6S/c1-14(25)15-6-10-18(11-7-15)31(28,29)24(2)13-20(26)23-19(12-21(27)30-3)16-4-8-17(22)9-5-16/h4-11,19H,12-13H2,1-3H3,(H,23,26). The molecule has 0 aliphatic carbocycles. The minimum atomic E-state index is -3.96. The molecule has 8 nitrogen and oxygen atoms in total. The van der Waals surface area contributed by atoms with Crippen LogP contribution in [0.2, 0.25) is 5.02 Å². The third-order valence-electron chi connectivity index (χ3n) is 4.54. The van der Waals surface area contributed by atoms with E-state index in [0.717, 1.165) is 4.31 Å². The molecule has 1 unspecified atom stereocenters. The summed E-state index contributed by atoms with van der Waals surface area (Å²) >= 11 is 5.89. The van der Waals surface area contributed by atoms with Gasteiger partial charge < -0.3 is 10.1 Å². The van der Waals surface area contributed by atoms with Gasteiger partial charge >= 0.3 is 5.97 Å². The number of Topliss-reactive ketones (excluding diaryl/α,β-unsaturated/α-hetero) is 1. The Kier molecular flexibility index (Phi) is 8.32. The number of nitrogens with one attached hydrogen (secondary N) is 1. The fraction of sp³-hybridized carbons (Fsp3) is 0.286. The molecule has 2 aromatic carbocycles. The number of carbonyl (C=O) groups excluding carboxylic acids is 3. The van der Waals surface area contributed by atoms with Crippen molar-refractivity contribution in [3.8, 4) is 0 Å². The maximum absolute atomic E-state index is 12.7. The topological polar surface area (TPSA) is 110 Å². The van der Waals surface area contributed by atoms with E-state index in [-0.39, 0.29) is 17.1 Å². The predicted octanol–water partition coefficient (Wildman–Crippen LogP) is 2.58. The lowest BCUT2D eigenvalue weighted by Gasteiger charge is -2.21. The first-order valence-electron chi connectivity index (χ1n) is 9.23. The van der Waals surface area contributed by atoms with Gasteiger partial charge in [0, 0.05) is 17.6 Å². The molecule has 1 atom stereocenters. The van der Waals surface area contributed by atoms with Crippen molar-refractivity contribution in [3.63, 3.8) is 0 Å². The molecular weight excluding hydrogens is 444 g/mol. The van der Waals surface area contributed by atoms with Crippen LogP contribution < -0.4 is 5.32 Å². The van der Waals surface area contributed by atoms with E-state index in [1.165, 1.54) is 45.3 Å². The van der Waals surface area contributed by atoms with E-state index in [4.69, 9.17) is 11.6 Å². The Bertz CT molecular complexity index is 1050. The predicted molar refractivity (Wildman–Crippen MR) is 115 cm³/mol. The molecule has 0 saturated carbocycles. The molecule has 2 aromatic rings. The van der Waals surface area contributed by atoms with Gasteiger partial charge in [-0.25, -0.2) is 8.42 Å². The fourth-order valence-electron chi connectivity index (χ4n) is 2.77. The Morgan fingerprint density at radius 2 is 1.65 bits per heavy atom. The van der Waals surface area contributed by atoms with Crippen molar-refractivity contribution in [2.75, 3.05) is 20.7 Å². The summed E-state index contributed by atoms with van der Waals surface area (Å²) in [4.78, 5) is 35.6. The summed E-state index contributed by atoms with van der Waals surface area (Å²) in [6.07, 6.45) is -0.132. The number of ether oxygens (including phenoxy) is 1. The summed E-state index contributed by atoms with van der Waals surface area (Å²) in [5, 5.41) is 3.16. The molecule has 1 N–H and O–H groups in total. The maximum Gasteiger partial charge on any atom is 0.307 e. The quantitative estimate of drug-likeness (QED) is 0.449. The van der Waals surface area contributed by atoms with Gasteiger partial charge in [-0.15, -0.1) is 0 Å². The molecule has 0 aromatic heterocycles. The zero-order chi connectivity index (χ0) is 23.2. The molecule has 31 heavy (non-hydrogen) atoms. The molecule has 0 saturated heterocycles. The second-order valence-corrected chi connectivity index (χ2v) is 9.27. The Morgan fingerprint density at radius 3 is 2.16 bits per heavy atom. The number of likely N-dealkylation sites (N-methyl/N-ethyl adjacent to an activating group) is 1. The number of methoxy groups -OCH3 is 1. The van der Waals surface area contributed by atoms with Crippen LogP contribution in [0.25, 0.3) is 0 Å². The number of sulfonamides is 1. The fourth-order valence-corrected chi connectivity index (χ4v) is 4.02. The van der Waals surface area contributed by atoms with Gasteiger partial charge in [0.15, 0.2) is 5.78 Å². The van der Waals surface area contributed by atoms with Gasteiger partial charge in [-0.05, 0) is 36.8 Å². The Hall–Kier alpha value is -2.75. The molecule has 0 bridgehead atoms. The van der Waals surface area contributed by atoms with Crippen LogP contribution in [0.1, 0.15) is 35.3 Å². The van der Waals surface area contributed by atoms with Crippen LogP contribution in [0.5, 0.6) is 0 Å². The lowest BCUT2D eigenvalue weighted by Crippen LogP contribution is -2.40. The number of amides is 1. The first-order valence-corrected chi connectivity index (χ1v) is 11.1. The van der Waals surface area contributed by atoms with Gasteiger partial charge in [-0.1, -0.05) is 35.9 Å². The monoisotopic (exact) mass is 466 g/mol. The molecule has 0 heterocycles. The van der Waals surface area contributed by atoms with Gasteiger partial charge in [-0.2, -0.15) is 4.31 Å². The number of rotatable bonds is 9. The molecule has 2 rings (SSSR count). The highest BCUT2D eigenvalue weighted by atomic mass is 35.5. The van der Waals surface area contributed by atoms with Crippen LogP contribution in [0.15, 0.2) is 53.4 Å². The van der Waals surface area contributed by atoms with E-state index < -0.39 is 34.5 Å². The first-order chi connectivity index (χ1) is 14.5. The largest absolute Gasteiger partial charge is 0.469 e. The maximum atomic E-state index is 12.7. The zero-order valence-corrected chi connectivity index (χ0v) is 18.9. The van der Waals surface area contributed by atoms with Crippen molar-refractivity contribution in [2.45, 2.75) is 24.3 Å². The van der Waals surface area contributed by atoms with Crippen LogP contribution >= 0.6 is 11.6 Å². The lowest BCUT2D eigenvalue weighted by atomic mass is 10.0. The van der Waals surface area contributed by atoms with Crippen molar-refractivity contribution in [1.82, 2.24) is 9.62 Å². The van der Waals surface area contributed by atoms with Crippen molar-refractivity contribution in [1.29, 1.82) is 0 Å². The highest BCUT2D eigenvalue weighted by Crippen LogP contribution is 2.21. The molecule has 1 amide bonds. The SMILES string of the molecule is COC(=O)CC(NC(=O)CN(C)S(=O)(=O)c1ccc(C(C)=O)cc1)c1ccc(Cl)cc1.